The van der Waals surface area contributed by atoms with Gasteiger partial charge in [0.1, 0.15) is 18.1 Å². The van der Waals surface area contributed by atoms with Crippen molar-refractivity contribution in [2.75, 3.05) is 45.3 Å². The van der Waals surface area contributed by atoms with Crippen molar-refractivity contribution in [1.29, 1.82) is 0 Å². The van der Waals surface area contributed by atoms with E-state index < -0.39 is 0 Å². The van der Waals surface area contributed by atoms with Crippen LogP contribution in [-0.4, -0.2) is 76.5 Å². The summed E-state index contributed by atoms with van der Waals surface area (Å²) >= 11 is 0. The molecule has 1 fully saturated rings. The van der Waals surface area contributed by atoms with E-state index in [-0.39, 0.29) is 18.3 Å². The highest BCUT2D eigenvalue weighted by atomic mass is 16.6. The maximum Gasteiger partial charge on any atom is 0.331 e. The van der Waals surface area contributed by atoms with Gasteiger partial charge in [0.2, 0.25) is 5.95 Å². The monoisotopic (exact) mass is 467 g/mol. The first-order valence-corrected chi connectivity index (χ1v) is 11.7. The topological polar surface area (TPSA) is 102 Å². The predicted octanol–water partition coefficient (Wildman–Crippen LogP) is 2.87. The standard InChI is InChI=1S/C25H33N5O4/c1-17-5-4-6-21-24(17)28-25(30(21)15-20-22(31)8-7-18(2)26-20)27-19-9-11-29(12-10-19)13-14-34-16-23(32)33-3/h4-8,19,31H,9-16H2,1-3H3,(H,27,28). The van der Waals surface area contributed by atoms with Gasteiger partial charge in [-0.3, -0.25) is 4.98 Å². The van der Waals surface area contributed by atoms with Crippen LogP contribution in [-0.2, 0) is 20.8 Å². The predicted molar refractivity (Wildman–Crippen MR) is 130 cm³/mol. The molecule has 1 aliphatic rings. The summed E-state index contributed by atoms with van der Waals surface area (Å²) < 4.78 is 12.1. The van der Waals surface area contributed by atoms with Crippen molar-refractivity contribution in [2.45, 2.75) is 39.3 Å². The van der Waals surface area contributed by atoms with Crippen LogP contribution in [0.1, 0.15) is 29.8 Å². The number of ether oxygens (including phenoxy) is 2. The molecule has 3 heterocycles. The number of carbonyl (C=O) groups is 1. The Hall–Kier alpha value is -3.17. The van der Waals surface area contributed by atoms with Gasteiger partial charge >= 0.3 is 5.97 Å². The summed E-state index contributed by atoms with van der Waals surface area (Å²) in [6, 6.07) is 9.95. The number of esters is 1. The normalized spacial score (nSPS) is 15.0. The number of rotatable bonds is 9. The first kappa shape index (κ1) is 24.0. The Morgan fingerprint density at radius 1 is 1.18 bits per heavy atom. The third kappa shape index (κ3) is 5.66. The molecular formula is C25H33N5O4. The van der Waals surface area contributed by atoms with E-state index in [4.69, 9.17) is 9.72 Å². The number of aromatic nitrogens is 3. The quantitative estimate of drug-likeness (QED) is 0.366. The molecule has 0 atom stereocenters. The van der Waals surface area contributed by atoms with E-state index in [1.54, 1.807) is 6.07 Å². The number of aromatic hydroxyl groups is 1. The van der Waals surface area contributed by atoms with Gasteiger partial charge in [-0.2, -0.15) is 0 Å². The van der Waals surface area contributed by atoms with Crippen molar-refractivity contribution < 1.29 is 19.4 Å². The molecule has 0 amide bonds. The average molecular weight is 468 g/mol. The number of para-hydroxylation sites is 1. The first-order valence-electron chi connectivity index (χ1n) is 11.7. The molecule has 0 radical (unpaired) electrons. The molecule has 2 N–H and O–H groups in total. The van der Waals surface area contributed by atoms with Crippen LogP contribution < -0.4 is 5.32 Å². The fourth-order valence-corrected chi connectivity index (χ4v) is 4.32. The number of aryl methyl sites for hydroxylation is 2. The van der Waals surface area contributed by atoms with Crippen LogP contribution in [0.25, 0.3) is 11.0 Å². The van der Waals surface area contributed by atoms with Crippen molar-refractivity contribution in [2.24, 2.45) is 0 Å². The van der Waals surface area contributed by atoms with E-state index in [0.29, 0.717) is 24.9 Å². The van der Waals surface area contributed by atoms with Gasteiger partial charge in [0, 0.05) is 31.4 Å². The number of methoxy groups -OCH3 is 1. The molecule has 1 aliphatic heterocycles. The zero-order valence-corrected chi connectivity index (χ0v) is 20.1. The summed E-state index contributed by atoms with van der Waals surface area (Å²) in [7, 11) is 1.36. The lowest BCUT2D eigenvalue weighted by atomic mass is 10.1. The molecule has 0 aliphatic carbocycles. The Kier molecular flexibility index (Phi) is 7.64. The van der Waals surface area contributed by atoms with Gasteiger partial charge in [-0.25, -0.2) is 9.78 Å². The molecule has 182 valence electrons. The van der Waals surface area contributed by atoms with Crippen LogP contribution in [0.4, 0.5) is 5.95 Å². The molecule has 4 rings (SSSR count). The number of benzene rings is 1. The van der Waals surface area contributed by atoms with Crippen LogP contribution in [0.3, 0.4) is 0 Å². The molecule has 1 saturated heterocycles. The molecule has 0 spiro atoms. The van der Waals surface area contributed by atoms with Crippen LogP contribution in [0.15, 0.2) is 30.3 Å². The Bertz CT molecular complexity index is 1140. The molecule has 1 aromatic carbocycles. The third-order valence-corrected chi connectivity index (χ3v) is 6.30. The molecule has 0 unspecified atom stereocenters. The van der Waals surface area contributed by atoms with Crippen LogP contribution in [0, 0.1) is 13.8 Å². The van der Waals surface area contributed by atoms with Gasteiger partial charge in [0.05, 0.1) is 31.3 Å². The molecule has 0 saturated carbocycles. The summed E-state index contributed by atoms with van der Waals surface area (Å²) in [5.41, 5.74) is 4.58. The van der Waals surface area contributed by atoms with Crippen LogP contribution >= 0.6 is 0 Å². The van der Waals surface area contributed by atoms with E-state index in [1.165, 1.54) is 7.11 Å². The Balaban J connectivity index is 1.43. The summed E-state index contributed by atoms with van der Waals surface area (Å²) in [5.74, 6) is 0.635. The van der Waals surface area contributed by atoms with Gasteiger partial charge in [-0.15, -0.1) is 0 Å². The van der Waals surface area contributed by atoms with Gasteiger partial charge in [-0.05, 0) is 50.5 Å². The molecule has 3 aromatic rings. The van der Waals surface area contributed by atoms with E-state index in [9.17, 15) is 9.90 Å². The molecule has 2 aromatic heterocycles. The van der Waals surface area contributed by atoms with Crippen LogP contribution in [0.2, 0.25) is 0 Å². The fourth-order valence-electron chi connectivity index (χ4n) is 4.32. The lowest BCUT2D eigenvalue weighted by Crippen LogP contribution is -2.41. The second kappa shape index (κ2) is 10.8. The molecule has 9 heteroatoms. The highest BCUT2D eigenvalue weighted by Gasteiger charge is 2.22. The third-order valence-electron chi connectivity index (χ3n) is 6.30. The maximum absolute atomic E-state index is 11.1. The van der Waals surface area contributed by atoms with Crippen molar-refractivity contribution in [3.63, 3.8) is 0 Å². The minimum atomic E-state index is -0.352. The lowest BCUT2D eigenvalue weighted by molar-refractivity contribution is -0.146. The minimum absolute atomic E-state index is 0.00446. The lowest BCUT2D eigenvalue weighted by Gasteiger charge is -2.32. The van der Waals surface area contributed by atoms with E-state index in [2.05, 4.69) is 43.6 Å². The number of anilines is 1. The molecular weight excluding hydrogens is 434 g/mol. The van der Waals surface area contributed by atoms with Crippen molar-refractivity contribution >= 4 is 23.0 Å². The van der Waals surface area contributed by atoms with Crippen LogP contribution in [0.5, 0.6) is 5.75 Å². The number of pyridine rings is 1. The van der Waals surface area contributed by atoms with Gasteiger partial charge in [0.25, 0.3) is 0 Å². The van der Waals surface area contributed by atoms with Crippen molar-refractivity contribution in [3.8, 4) is 5.75 Å². The van der Waals surface area contributed by atoms with E-state index >= 15 is 0 Å². The Morgan fingerprint density at radius 3 is 2.74 bits per heavy atom. The number of fused-ring (bicyclic) bond motifs is 1. The van der Waals surface area contributed by atoms with Gasteiger partial charge < -0.3 is 29.4 Å². The summed E-state index contributed by atoms with van der Waals surface area (Å²) in [6.45, 7) is 7.60. The van der Waals surface area contributed by atoms with E-state index in [0.717, 1.165) is 60.7 Å². The molecule has 9 nitrogen and oxygen atoms in total. The summed E-state index contributed by atoms with van der Waals surface area (Å²) in [6.07, 6.45) is 1.96. The Labute approximate surface area is 199 Å². The zero-order valence-electron chi connectivity index (χ0n) is 20.1. The summed E-state index contributed by atoms with van der Waals surface area (Å²) in [4.78, 5) is 23.0. The van der Waals surface area contributed by atoms with Gasteiger partial charge in [-0.1, -0.05) is 12.1 Å². The maximum atomic E-state index is 11.1. The number of hydrogen-bond acceptors (Lipinski definition) is 8. The number of nitrogens with one attached hydrogen (secondary N) is 1. The van der Waals surface area contributed by atoms with E-state index in [1.807, 2.05) is 19.1 Å². The minimum Gasteiger partial charge on any atom is -0.506 e. The second-order valence-electron chi connectivity index (χ2n) is 8.77. The zero-order chi connectivity index (χ0) is 24.1. The summed E-state index contributed by atoms with van der Waals surface area (Å²) in [5, 5.41) is 14.0. The largest absolute Gasteiger partial charge is 0.506 e. The first-order chi connectivity index (χ1) is 16.4. The average Bonchev–Trinajstić information content (AvgIpc) is 3.18. The second-order valence-corrected chi connectivity index (χ2v) is 8.77. The highest BCUT2D eigenvalue weighted by Crippen LogP contribution is 2.27. The smallest absolute Gasteiger partial charge is 0.331 e. The van der Waals surface area contributed by atoms with Gasteiger partial charge in [0.15, 0.2) is 0 Å². The number of nitrogens with zero attached hydrogens (tertiary/aromatic N) is 4. The Morgan fingerprint density at radius 2 is 1.97 bits per heavy atom. The van der Waals surface area contributed by atoms with Crippen molar-refractivity contribution in [1.82, 2.24) is 19.4 Å². The van der Waals surface area contributed by atoms with Crippen molar-refractivity contribution in [3.05, 3.63) is 47.3 Å². The number of piperidine rings is 1. The fraction of sp³-hybridized carbons (Fsp3) is 0.480. The highest BCUT2D eigenvalue weighted by molar-refractivity contribution is 5.82. The molecule has 0 bridgehead atoms. The SMILES string of the molecule is COC(=O)COCCN1CCC(Nc2nc3c(C)cccc3n2Cc2nc(C)ccc2O)CC1. The number of likely N-dealkylation sites (tertiary alicyclic amines) is 1. The number of hydrogen-bond donors (Lipinski definition) is 2. The molecule has 34 heavy (non-hydrogen) atoms. The number of carbonyl (C=O) groups excluding carboxylic acids is 1. The number of imidazole rings is 1.